The summed E-state index contributed by atoms with van der Waals surface area (Å²) in [5, 5.41) is 7.51. The Morgan fingerprint density at radius 2 is 1.77 bits per heavy atom. The Kier molecular flexibility index (Phi) is 4.67. The molecule has 2 aliphatic rings. The minimum absolute atomic E-state index is 0.0747. The summed E-state index contributed by atoms with van der Waals surface area (Å²) in [4.78, 5) is 11.7. The van der Waals surface area contributed by atoms with E-state index >= 15 is 0 Å². The van der Waals surface area contributed by atoms with E-state index in [-0.39, 0.29) is 15.8 Å². The Hall–Kier alpha value is -3.72. The number of rotatable bonds is 4. The zero-order valence-electron chi connectivity index (χ0n) is 16.8. The van der Waals surface area contributed by atoms with Crippen LogP contribution >= 0.6 is 0 Å². The summed E-state index contributed by atoms with van der Waals surface area (Å²) in [5.41, 5.74) is 1.82. The van der Waals surface area contributed by atoms with Crippen molar-refractivity contribution in [3.63, 3.8) is 0 Å². The first kappa shape index (κ1) is 19.3. The van der Waals surface area contributed by atoms with Crippen molar-refractivity contribution in [2.45, 2.75) is 15.8 Å². The van der Waals surface area contributed by atoms with Crippen molar-refractivity contribution in [1.82, 2.24) is 14.7 Å². The average Bonchev–Trinajstić information content (AvgIpc) is 3.41. The van der Waals surface area contributed by atoms with Crippen LogP contribution in [0.5, 0.6) is 0 Å². The summed E-state index contributed by atoms with van der Waals surface area (Å²) in [7, 11) is -1.66. The van der Waals surface area contributed by atoms with E-state index in [0.717, 1.165) is 17.1 Å². The highest BCUT2D eigenvalue weighted by Crippen LogP contribution is 2.29. The molecule has 1 aromatic heterocycles. The maximum absolute atomic E-state index is 12.8. The van der Waals surface area contributed by atoms with Crippen LogP contribution in [0.1, 0.15) is 11.6 Å². The Morgan fingerprint density at radius 3 is 2.48 bits per heavy atom. The van der Waals surface area contributed by atoms with Crippen LogP contribution in [0.3, 0.4) is 0 Å². The number of nitrogens with zero attached hydrogens (tertiary/aromatic N) is 5. The van der Waals surface area contributed by atoms with E-state index < -0.39 is 9.84 Å². The molecule has 156 valence electrons. The normalized spacial score (nSPS) is 17.8. The molecule has 0 radical (unpaired) electrons. The van der Waals surface area contributed by atoms with Crippen LogP contribution in [0.15, 0.2) is 99.2 Å². The molecule has 8 nitrogen and oxygen atoms in total. The number of aliphatic imine (C=N–C) groups is 2. The molecule has 3 aromatic rings. The van der Waals surface area contributed by atoms with Gasteiger partial charge in [-0.15, -0.1) is 0 Å². The smallest absolute Gasteiger partial charge is 0.206 e. The van der Waals surface area contributed by atoms with Crippen LogP contribution in [0.4, 0.5) is 5.69 Å². The first-order valence-electron chi connectivity index (χ1n) is 9.76. The Labute approximate surface area is 180 Å². The SMILES string of the molecule is Cn1cc(C2CN=C3C(Nc4ccc(S(=O)(=O)c5ccccc5)cc4)=NC=CN32)cn1. The third-order valence-electron chi connectivity index (χ3n) is 5.23. The molecule has 0 saturated carbocycles. The van der Waals surface area contributed by atoms with Gasteiger partial charge >= 0.3 is 0 Å². The van der Waals surface area contributed by atoms with E-state index in [1.165, 1.54) is 0 Å². The van der Waals surface area contributed by atoms with E-state index in [2.05, 4.69) is 25.3 Å². The van der Waals surface area contributed by atoms with Gasteiger partial charge < -0.3 is 10.2 Å². The second kappa shape index (κ2) is 7.51. The lowest BCUT2D eigenvalue weighted by molar-refractivity contribution is 0.458. The number of hydrogen-bond acceptors (Lipinski definition) is 7. The maximum Gasteiger partial charge on any atom is 0.206 e. The van der Waals surface area contributed by atoms with Crippen molar-refractivity contribution in [3.8, 4) is 0 Å². The fourth-order valence-corrected chi connectivity index (χ4v) is 4.94. The Bertz CT molecular complexity index is 1310. The van der Waals surface area contributed by atoms with Gasteiger partial charge in [-0.25, -0.2) is 13.4 Å². The van der Waals surface area contributed by atoms with Gasteiger partial charge in [0, 0.05) is 36.9 Å². The highest BCUT2D eigenvalue weighted by molar-refractivity contribution is 7.91. The third-order valence-corrected chi connectivity index (χ3v) is 7.01. The first-order chi connectivity index (χ1) is 15.0. The lowest BCUT2D eigenvalue weighted by atomic mass is 10.1. The lowest BCUT2D eigenvalue weighted by Gasteiger charge is -2.26. The third kappa shape index (κ3) is 3.53. The van der Waals surface area contributed by atoms with Gasteiger partial charge in [-0.2, -0.15) is 5.10 Å². The lowest BCUT2D eigenvalue weighted by Crippen LogP contribution is -2.37. The first-order valence-corrected chi connectivity index (χ1v) is 11.2. The van der Waals surface area contributed by atoms with Gasteiger partial charge in [0.1, 0.15) is 0 Å². The minimum Gasteiger partial charge on any atom is -0.337 e. The van der Waals surface area contributed by atoms with E-state index in [4.69, 9.17) is 0 Å². The summed E-state index contributed by atoms with van der Waals surface area (Å²) >= 11 is 0. The molecule has 9 heteroatoms. The molecular formula is C22H20N6O2S. The zero-order valence-corrected chi connectivity index (χ0v) is 17.6. The quantitative estimate of drug-likeness (QED) is 0.684. The molecule has 0 spiro atoms. The van der Waals surface area contributed by atoms with E-state index in [1.807, 2.05) is 25.6 Å². The molecule has 0 saturated heterocycles. The number of aromatic nitrogens is 2. The summed E-state index contributed by atoms with van der Waals surface area (Å²) in [6.45, 7) is 0.611. The highest BCUT2D eigenvalue weighted by atomic mass is 32.2. The fraction of sp³-hybridized carbons (Fsp3) is 0.136. The number of sulfone groups is 1. The Balaban J connectivity index is 1.34. The largest absolute Gasteiger partial charge is 0.337 e. The number of benzene rings is 2. The maximum atomic E-state index is 12.8. The van der Waals surface area contributed by atoms with Crippen molar-refractivity contribution >= 4 is 27.2 Å². The molecule has 5 rings (SSSR count). The topological polar surface area (TPSA) is 91.9 Å². The van der Waals surface area contributed by atoms with Gasteiger partial charge in [0.25, 0.3) is 0 Å². The second-order valence-electron chi connectivity index (χ2n) is 7.28. The molecule has 0 fully saturated rings. The molecule has 2 aliphatic heterocycles. The molecule has 2 aromatic carbocycles. The van der Waals surface area contributed by atoms with E-state index in [1.54, 1.807) is 65.5 Å². The molecule has 1 atom stereocenters. The van der Waals surface area contributed by atoms with E-state index in [0.29, 0.717) is 12.4 Å². The summed E-state index contributed by atoms with van der Waals surface area (Å²) in [6, 6.07) is 15.1. The van der Waals surface area contributed by atoms with Gasteiger partial charge in [-0.1, -0.05) is 18.2 Å². The van der Waals surface area contributed by atoms with Crippen LogP contribution < -0.4 is 5.32 Å². The van der Waals surface area contributed by atoms with Crippen molar-refractivity contribution < 1.29 is 8.42 Å². The molecule has 0 amide bonds. The van der Waals surface area contributed by atoms with Crippen LogP contribution in [0.25, 0.3) is 0 Å². The Morgan fingerprint density at radius 1 is 1.03 bits per heavy atom. The van der Waals surface area contributed by atoms with Crippen molar-refractivity contribution in [2.75, 3.05) is 11.9 Å². The summed E-state index contributed by atoms with van der Waals surface area (Å²) in [5.74, 6) is 1.37. The zero-order chi connectivity index (χ0) is 21.4. The molecule has 0 bridgehead atoms. The molecule has 31 heavy (non-hydrogen) atoms. The fourth-order valence-electron chi connectivity index (χ4n) is 3.66. The van der Waals surface area contributed by atoms with Gasteiger partial charge in [-0.05, 0) is 36.4 Å². The van der Waals surface area contributed by atoms with Crippen molar-refractivity contribution in [1.29, 1.82) is 0 Å². The number of fused-ring (bicyclic) bond motifs is 1. The predicted octanol–water partition coefficient (Wildman–Crippen LogP) is 3.00. The summed E-state index contributed by atoms with van der Waals surface area (Å²) in [6.07, 6.45) is 7.47. The second-order valence-corrected chi connectivity index (χ2v) is 9.23. The van der Waals surface area contributed by atoms with Crippen molar-refractivity contribution in [2.24, 2.45) is 17.0 Å². The monoisotopic (exact) mass is 432 g/mol. The van der Waals surface area contributed by atoms with Crippen LogP contribution in [0.2, 0.25) is 0 Å². The summed E-state index contributed by atoms with van der Waals surface area (Å²) < 4.78 is 27.3. The van der Waals surface area contributed by atoms with Crippen LogP contribution in [0, 0.1) is 0 Å². The predicted molar refractivity (Wildman–Crippen MR) is 119 cm³/mol. The number of nitrogens with one attached hydrogen (secondary N) is 1. The molecule has 0 aliphatic carbocycles. The number of amidine groups is 2. The number of aryl methyl sites for hydroxylation is 1. The van der Waals surface area contributed by atoms with E-state index in [9.17, 15) is 8.42 Å². The highest BCUT2D eigenvalue weighted by Gasteiger charge is 2.32. The van der Waals surface area contributed by atoms with Crippen LogP contribution in [-0.2, 0) is 16.9 Å². The average molecular weight is 433 g/mol. The van der Waals surface area contributed by atoms with Gasteiger partial charge in [0.15, 0.2) is 11.7 Å². The standard InChI is InChI=1S/C22H20N6O2S/c1-27-15-16(13-25-27)20-14-24-22-21(23-11-12-28(20)22)26-17-7-9-19(10-8-17)31(29,30)18-5-3-2-4-6-18/h2-13,15,20H,14H2,1H3,(H,23,26). The minimum atomic E-state index is -3.55. The number of hydrogen-bond donors (Lipinski definition) is 1. The van der Waals surface area contributed by atoms with Gasteiger partial charge in [0.2, 0.25) is 9.84 Å². The number of anilines is 1. The van der Waals surface area contributed by atoms with Gasteiger partial charge in [-0.3, -0.25) is 9.67 Å². The van der Waals surface area contributed by atoms with Crippen molar-refractivity contribution in [3.05, 3.63) is 85.0 Å². The molecular weight excluding hydrogens is 412 g/mol. The van der Waals surface area contributed by atoms with Crippen LogP contribution in [-0.4, -0.2) is 41.3 Å². The molecule has 1 unspecified atom stereocenters. The molecule has 3 heterocycles. The van der Waals surface area contributed by atoms with Gasteiger partial charge in [0.05, 0.1) is 28.6 Å². The molecule has 1 N–H and O–H groups in total.